The summed E-state index contributed by atoms with van der Waals surface area (Å²) in [6, 6.07) is 24.3. The van der Waals surface area contributed by atoms with Crippen LogP contribution in [-0.2, 0) is 11.3 Å². The van der Waals surface area contributed by atoms with E-state index in [0.717, 1.165) is 30.0 Å². The van der Waals surface area contributed by atoms with Crippen LogP contribution < -0.4 is 4.90 Å². The lowest BCUT2D eigenvalue weighted by molar-refractivity contribution is -0.131. The molecule has 9 heteroatoms. The van der Waals surface area contributed by atoms with Gasteiger partial charge in [-0.2, -0.15) is 0 Å². The van der Waals surface area contributed by atoms with Crippen LogP contribution in [0.3, 0.4) is 0 Å². The molecule has 1 aliphatic heterocycles. The number of nitrogens with zero attached hydrogens (tertiary/aromatic N) is 5. The topological polar surface area (TPSA) is 82.8 Å². The minimum atomic E-state index is -0.314. The van der Waals surface area contributed by atoms with Crippen molar-refractivity contribution in [1.29, 1.82) is 0 Å². The third kappa shape index (κ3) is 6.03. The molecule has 0 radical (unpaired) electrons. The summed E-state index contributed by atoms with van der Waals surface area (Å²) in [6.45, 7) is 2.61. The van der Waals surface area contributed by atoms with Crippen LogP contribution in [-0.4, -0.2) is 64.5 Å². The van der Waals surface area contributed by atoms with Crippen LogP contribution in [0.1, 0.15) is 22.5 Å². The molecule has 4 aromatic rings. The summed E-state index contributed by atoms with van der Waals surface area (Å²) in [7, 11) is 0. The van der Waals surface area contributed by atoms with Gasteiger partial charge < -0.3 is 19.1 Å². The number of anilines is 1. The summed E-state index contributed by atoms with van der Waals surface area (Å²) < 4.78 is 5.46. The van der Waals surface area contributed by atoms with Gasteiger partial charge in [0.25, 0.3) is 5.91 Å². The van der Waals surface area contributed by atoms with Crippen LogP contribution in [0.25, 0.3) is 11.3 Å². The molecule has 1 fully saturated rings. The Morgan fingerprint density at radius 3 is 2.42 bits per heavy atom. The lowest BCUT2D eigenvalue weighted by atomic mass is 10.1. The average Bonchev–Trinajstić information content (AvgIpc) is 3.34. The van der Waals surface area contributed by atoms with Gasteiger partial charge in [-0.25, -0.2) is 0 Å². The molecule has 2 amide bonds. The van der Waals surface area contributed by atoms with Crippen molar-refractivity contribution in [2.24, 2.45) is 0 Å². The Bertz CT molecular complexity index is 1360. The monoisotopic (exact) mass is 529 g/mol. The summed E-state index contributed by atoms with van der Waals surface area (Å²) in [6.07, 6.45) is 2.33. The van der Waals surface area contributed by atoms with E-state index < -0.39 is 0 Å². The number of hydrogen-bond acceptors (Lipinski definition) is 6. The van der Waals surface area contributed by atoms with Gasteiger partial charge in [0.05, 0.1) is 29.1 Å². The summed E-state index contributed by atoms with van der Waals surface area (Å²) in [5.41, 5.74) is 2.19. The molecule has 194 valence electrons. The van der Waals surface area contributed by atoms with Gasteiger partial charge in [0.2, 0.25) is 5.91 Å². The van der Waals surface area contributed by atoms with E-state index in [1.807, 2.05) is 42.5 Å². The number of halogens is 1. The largest absolute Gasteiger partial charge is 0.467 e. The van der Waals surface area contributed by atoms with E-state index in [-0.39, 0.29) is 24.9 Å². The third-order valence-corrected chi connectivity index (χ3v) is 6.87. The molecule has 38 heavy (non-hydrogen) atoms. The number of carbonyl (C=O) groups excluding carboxylic acids is 2. The minimum absolute atomic E-state index is 0.0731. The molecule has 1 aliphatic rings. The second kappa shape index (κ2) is 11.9. The Morgan fingerprint density at radius 1 is 0.868 bits per heavy atom. The molecule has 2 aromatic carbocycles. The van der Waals surface area contributed by atoms with Crippen molar-refractivity contribution in [2.75, 3.05) is 37.6 Å². The highest BCUT2D eigenvalue weighted by Gasteiger charge is 2.26. The number of benzene rings is 2. The van der Waals surface area contributed by atoms with Crippen molar-refractivity contribution in [3.63, 3.8) is 0 Å². The highest BCUT2D eigenvalue weighted by Crippen LogP contribution is 2.21. The Hall–Kier alpha value is -4.17. The molecule has 0 aliphatic carbocycles. The fourth-order valence-corrected chi connectivity index (χ4v) is 4.73. The summed E-state index contributed by atoms with van der Waals surface area (Å²) in [5.74, 6) is 0.944. The van der Waals surface area contributed by atoms with Crippen molar-refractivity contribution in [3.8, 4) is 11.3 Å². The Labute approximate surface area is 226 Å². The number of amides is 2. The lowest BCUT2D eigenvalue weighted by Gasteiger charge is -2.27. The maximum Gasteiger partial charge on any atom is 0.256 e. The molecule has 3 heterocycles. The van der Waals surface area contributed by atoms with Crippen molar-refractivity contribution < 1.29 is 14.0 Å². The van der Waals surface area contributed by atoms with E-state index in [4.69, 9.17) is 16.0 Å². The van der Waals surface area contributed by atoms with Crippen LogP contribution in [0, 0.1) is 0 Å². The zero-order valence-electron chi connectivity index (χ0n) is 20.9. The molecule has 0 bridgehead atoms. The zero-order valence-corrected chi connectivity index (χ0v) is 21.6. The number of furan rings is 1. The normalized spacial score (nSPS) is 13.7. The Kier molecular flexibility index (Phi) is 7.99. The van der Waals surface area contributed by atoms with Crippen LogP contribution in [0.5, 0.6) is 0 Å². The smallest absolute Gasteiger partial charge is 0.256 e. The number of hydrogen-bond donors (Lipinski definition) is 0. The summed E-state index contributed by atoms with van der Waals surface area (Å²) in [5, 5.41) is 9.19. The quantitative estimate of drug-likeness (QED) is 0.343. The fraction of sp³-hybridized carbons (Fsp3) is 0.241. The van der Waals surface area contributed by atoms with E-state index in [1.54, 1.807) is 47.6 Å². The van der Waals surface area contributed by atoms with E-state index in [1.165, 1.54) is 4.90 Å². The first kappa shape index (κ1) is 25.5. The van der Waals surface area contributed by atoms with Gasteiger partial charge in [-0.15, -0.1) is 10.2 Å². The maximum atomic E-state index is 13.4. The summed E-state index contributed by atoms with van der Waals surface area (Å²) in [4.78, 5) is 32.2. The third-order valence-electron chi connectivity index (χ3n) is 6.54. The Balaban J connectivity index is 1.24. The molecule has 1 saturated heterocycles. The standard InChI is InChI=1S/C29H28ClN5O3/c30-25-12-5-4-11-24(25)29(37)35(20-23-10-6-19-38-23)21-28(36)34-16-7-15-33(17-18-34)27-14-13-26(31-32-27)22-8-2-1-3-9-22/h1-6,8-14,19H,7,15-18,20-21H2. The van der Waals surface area contributed by atoms with Crippen LogP contribution in [0.2, 0.25) is 5.02 Å². The van der Waals surface area contributed by atoms with E-state index in [2.05, 4.69) is 15.1 Å². The van der Waals surface area contributed by atoms with Crippen LogP contribution >= 0.6 is 11.6 Å². The zero-order chi connectivity index (χ0) is 26.3. The van der Waals surface area contributed by atoms with Crippen molar-refractivity contribution in [1.82, 2.24) is 20.0 Å². The van der Waals surface area contributed by atoms with Gasteiger partial charge in [-0.3, -0.25) is 9.59 Å². The van der Waals surface area contributed by atoms with Gasteiger partial charge in [-0.1, -0.05) is 54.1 Å². The van der Waals surface area contributed by atoms with Gasteiger partial charge in [0.15, 0.2) is 5.82 Å². The molecular weight excluding hydrogens is 502 g/mol. The van der Waals surface area contributed by atoms with E-state index in [0.29, 0.717) is 36.0 Å². The fourth-order valence-electron chi connectivity index (χ4n) is 4.51. The van der Waals surface area contributed by atoms with E-state index >= 15 is 0 Å². The van der Waals surface area contributed by atoms with Crippen LogP contribution in [0.15, 0.2) is 89.5 Å². The maximum absolute atomic E-state index is 13.4. The van der Waals surface area contributed by atoms with Crippen molar-refractivity contribution in [2.45, 2.75) is 13.0 Å². The van der Waals surface area contributed by atoms with Gasteiger partial charge >= 0.3 is 0 Å². The molecular formula is C29H28ClN5O3. The molecule has 2 aromatic heterocycles. The first-order chi connectivity index (χ1) is 18.6. The SMILES string of the molecule is O=C(CN(Cc1ccco1)C(=O)c1ccccc1Cl)N1CCCN(c2ccc(-c3ccccc3)nn2)CC1. The number of aromatic nitrogens is 2. The molecule has 5 rings (SSSR count). The van der Waals surface area contributed by atoms with Gasteiger partial charge in [0.1, 0.15) is 12.3 Å². The number of rotatable bonds is 7. The second-order valence-corrected chi connectivity index (χ2v) is 9.49. The first-order valence-electron chi connectivity index (χ1n) is 12.6. The van der Waals surface area contributed by atoms with Gasteiger partial charge in [-0.05, 0) is 42.8 Å². The molecule has 8 nitrogen and oxygen atoms in total. The minimum Gasteiger partial charge on any atom is -0.467 e. The molecule has 0 saturated carbocycles. The van der Waals surface area contributed by atoms with Gasteiger partial charge in [0, 0.05) is 31.7 Å². The van der Waals surface area contributed by atoms with Crippen LogP contribution in [0.4, 0.5) is 5.82 Å². The molecule has 0 atom stereocenters. The number of carbonyl (C=O) groups is 2. The lowest BCUT2D eigenvalue weighted by Crippen LogP contribution is -2.44. The molecule has 0 spiro atoms. The predicted octanol–water partition coefficient (Wildman–Crippen LogP) is 4.77. The predicted molar refractivity (Wildman–Crippen MR) is 146 cm³/mol. The van der Waals surface area contributed by atoms with Crippen molar-refractivity contribution in [3.05, 3.63) is 101 Å². The molecule has 0 unspecified atom stereocenters. The summed E-state index contributed by atoms with van der Waals surface area (Å²) >= 11 is 6.29. The molecule has 0 N–H and O–H groups in total. The highest BCUT2D eigenvalue weighted by atomic mass is 35.5. The first-order valence-corrected chi connectivity index (χ1v) is 12.9. The highest BCUT2D eigenvalue weighted by molar-refractivity contribution is 6.33. The van der Waals surface area contributed by atoms with E-state index in [9.17, 15) is 9.59 Å². The van der Waals surface area contributed by atoms with Crippen molar-refractivity contribution >= 4 is 29.2 Å². The average molecular weight is 530 g/mol. The second-order valence-electron chi connectivity index (χ2n) is 9.08. The Morgan fingerprint density at radius 2 is 1.68 bits per heavy atom.